The van der Waals surface area contributed by atoms with Crippen LogP contribution in [0.1, 0.15) is 49.1 Å². The summed E-state index contributed by atoms with van der Waals surface area (Å²) in [5, 5.41) is 0. The van der Waals surface area contributed by atoms with E-state index in [4.69, 9.17) is 14.2 Å². The van der Waals surface area contributed by atoms with Crippen molar-refractivity contribution >= 4 is 17.4 Å². The highest BCUT2D eigenvalue weighted by molar-refractivity contribution is 6.08. The standard InChI is InChI=1S/C30H27NO5/c1-2-34-23-11-9-22(10-12-23)31-25-14-21(19-6-4-3-5-7-19)15-26(32)30(25)24(17-29(31)33)20-8-13-27-28(16-20)36-18-35-27/h3-13,16,21,24H,2,14-15,17-18H2,1H3. The van der Waals surface area contributed by atoms with E-state index in [0.717, 1.165) is 33.8 Å². The topological polar surface area (TPSA) is 65.1 Å². The van der Waals surface area contributed by atoms with Crippen molar-refractivity contribution in [1.29, 1.82) is 0 Å². The maximum Gasteiger partial charge on any atom is 0.232 e. The van der Waals surface area contributed by atoms with Gasteiger partial charge in [-0.3, -0.25) is 14.5 Å². The van der Waals surface area contributed by atoms with E-state index >= 15 is 0 Å². The summed E-state index contributed by atoms with van der Waals surface area (Å²) < 4.78 is 16.6. The van der Waals surface area contributed by atoms with E-state index in [1.165, 1.54) is 0 Å². The van der Waals surface area contributed by atoms with Gasteiger partial charge in [-0.25, -0.2) is 0 Å². The molecule has 2 heterocycles. The second-order valence-electron chi connectivity index (χ2n) is 9.32. The Bertz CT molecular complexity index is 1350. The summed E-state index contributed by atoms with van der Waals surface area (Å²) in [6.45, 7) is 2.69. The molecular weight excluding hydrogens is 454 g/mol. The molecule has 2 atom stereocenters. The molecule has 0 fully saturated rings. The van der Waals surface area contributed by atoms with Crippen LogP contribution in [0.15, 0.2) is 84.1 Å². The average Bonchev–Trinajstić information content (AvgIpc) is 3.37. The maximum atomic E-state index is 13.8. The Morgan fingerprint density at radius 2 is 1.64 bits per heavy atom. The summed E-state index contributed by atoms with van der Waals surface area (Å²) in [5.41, 5.74) is 4.29. The van der Waals surface area contributed by atoms with E-state index in [2.05, 4.69) is 12.1 Å². The number of carbonyl (C=O) groups excluding carboxylic acids is 2. The van der Waals surface area contributed by atoms with Gasteiger partial charge in [0.2, 0.25) is 12.7 Å². The number of amides is 1. The largest absolute Gasteiger partial charge is 0.494 e. The second kappa shape index (κ2) is 9.19. The Balaban J connectivity index is 1.45. The van der Waals surface area contributed by atoms with Gasteiger partial charge in [0.1, 0.15) is 5.75 Å². The summed E-state index contributed by atoms with van der Waals surface area (Å²) >= 11 is 0. The molecule has 3 aliphatic rings. The number of Topliss-reactive ketones (excluding diaryl/α,β-unsaturated/α-hetero) is 1. The van der Waals surface area contributed by atoms with E-state index in [1.807, 2.05) is 67.6 Å². The summed E-state index contributed by atoms with van der Waals surface area (Å²) in [4.78, 5) is 29.3. The fourth-order valence-corrected chi connectivity index (χ4v) is 5.57. The minimum absolute atomic E-state index is 0.0194. The Hall–Kier alpha value is -4.06. The van der Waals surface area contributed by atoms with Crippen LogP contribution in [0.2, 0.25) is 0 Å². The number of hydrogen-bond acceptors (Lipinski definition) is 5. The van der Waals surface area contributed by atoms with E-state index < -0.39 is 0 Å². The van der Waals surface area contributed by atoms with Crippen LogP contribution in [0, 0.1) is 0 Å². The van der Waals surface area contributed by atoms with Gasteiger partial charge in [-0.05, 0) is 66.8 Å². The fourth-order valence-electron chi connectivity index (χ4n) is 5.57. The van der Waals surface area contributed by atoms with Crippen molar-refractivity contribution in [2.24, 2.45) is 0 Å². The number of ether oxygens (including phenoxy) is 3. The van der Waals surface area contributed by atoms with E-state index in [9.17, 15) is 9.59 Å². The summed E-state index contributed by atoms with van der Waals surface area (Å²) in [7, 11) is 0. The molecule has 3 aromatic rings. The van der Waals surface area contributed by atoms with Gasteiger partial charge in [0, 0.05) is 35.7 Å². The number of hydrogen-bond donors (Lipinski definition) is 0. The number of anilines is 1. The van der Waals surface area contributed by atoms with Crippen LogP contribution in [0.4, 0.5) is 5.69 Å². The van der Waals surface area contributed by atoms with Crippen molar-refractivity contribution in [3.8, 4) is 17.2 Å². The third kappa shape index (κ3) is 3.92. The molecule has 36 heavy (non-hydrogen) atoms. The lowest BCUT2D eigenvalue weighted by Gasteiger charge is -2.40. The molecule has 0 spiro atoms. The predicted octanol–water partition coefficient (Wildman–Crippen LogP) is 5.74. The molecule has 2 aliphatic heterocycles. The molecule has 2 unspecified atom stereocenters. The third-order valence-electron chi connectivity index (χ3n) is 7.21. The molecule has 0 aromatic heterocycles. The van der Waals surface area contributed by atoms with E-state index in [1.54, 1.807) is 4.90 Å². The molecule has 1 aliphatic carbocycles. The van der Waals surface area contributed by atoms with Crippen molar-refractivity contribution in [2.45, 2.75) is 38.0 Å². The lowest BCUT2D eigenvalue weighted by molar-refractivity contribution is -0.120. The molecular formula is C30H27NO5. The van der Waals surface area contributed by atoms with Crippen LogP contribution < -0.4 is 19.1 Å². The Labute approximate surface area is 210 Å². The van der Waals surface area contributed by atoms with Gasteiger partial charge in [-0.15, -0.1) is 0 Å². The lowest BCUT2D eigenvalue weighted by atomic mass is 9.72. The second-order valence-corrected chi connectivity index (χ2v) is 9.32. The average molecular weight is 482 g/mol. The lowest BCUT2D eigenvalue weighted by Crippen LogP contribution is -2.41. The third-order valence-corrected chi connectivity index (χ3v) is 7.21. The van der Waals surface area contributed by atoms with Crippen molar-refractivity contribution in [2.75, 3.05) is 18.3 Å². The molecule has 0 saturated heterocycles. The van der Waals surface area contributed by atoms with Crippen LogP contribution in [0.5, 0.6) is 17.2 Å². The monoisotopic (exact) mass is 481 g/mol. The quantitative estimate of drug-likeness (QED) is 0.465. The van der Waals surface area contributed by atoms with Crippen molar-refractivity contribution in [1.82, 2.24) is 0 Å². The van der Waals surface area contributed by atoms with E-state index in [-0.39, 0.29) is 36.7 Å². The molecule has 6 nitrogen and oxygen atoms in total. The summed E-state index contributed by atoms with van der Waals surface area (Å²) in [5.74, 6) is 1.86. The molecule has 0 N–H and O–H groups in total. The minimum atomic E-state index is -0.315. The number of carbonyl (C=O) groups is 2. The van der Waals surface area contributed by atoms with Gasteiger partial charge in [-0.1, -0.05) is 36.4 Å². The number of benzene rings is 3. The van der Waals surface area contributed by atoms with E-state index in [0.29, 0.717) is 30.9 Å². The predicted molar refractivity (Wildman–Crippen MR) is 135 cm³/mol. The van der Waals surface area contributed by atoms with Crippen LogP contribution >= 0.6 is 0 Å². The number of nitrogens with zero attached hydrogens (tertiary/aromatic N) is 1. The molecule has 6 rings (SSSR count). The normalized spacial score (nSPS) is 21.0. The number of fused-ring (bicyclic) bond motifs is 1. The number of allylic oxidation sites excluding steroid dienone is 2. The molecule has 1 amide bonds. The first-order valence-corrected chi connectivity index (χ1v) is 12.4. The highest BCUT2D eigenvalue weighted by Gasteiger charge is 2.42. The first-order chi connectivity index (χ1) is 17.6. The molecule has 0 radical (unpaired) electrons. The molecule has 0 saturated carbocycles. The SMILES string of the molecule is CCOc1ccc(N2C(=O)CC(c3ccc4c(c3)OCO4)C3=C2CC(c2ccccc2)CC3=O)cc1. The van der Waals surface area contributed by atoms with Gasteiger partial charge < -0.3 is 14.2 Å². The van der Waals surface area contributed by atoms with Gasteiger partial charge >= 0.3 is 0 Å². The summed E-state index contributed by atoms with van der Waals surface area (Å²) in [6.07, 6.45) is 1.26. The van der Waals surface area contributed by atoms with Crippen LogP contribution in [-0.2, 0) is 9.59 Å². The van der Waals surface area contributed by atoms with Gasteiger partial charge in [-0.2, -0.15) is 0 Å². The van der Waals surface area contributed by atoms with Crippen molar-refractivity contribution in [3.63, 3.8) is 0 Å². The van der Waals surface area contributed by atoms with Crippen LogP contribution in [0.25, 0.3) is 0 Å². The minimum Gasteiger partial charge on any atom is -0.494 e. The van der Waals surface area contributed by atoms with Crippen molar-refractivity contribution < 1.29 is 23.8 Å². The Kier molecular flexibility index (Phi) is 5.72. The fraction of sp³-hybridized carbons (Fsp3) is 0.267. The molecule has 182 valence electrons. The molecule has 3 aromatic carbocycles. The highest BCUT2D eigenvalue weighted by atomic mass is 16.7. The maximum absolute atomic E-state index is 13.8. The zero-order valence-electron chi connectivity index (χ0n) is 20.1. The number of ketones is 1. The summed E-state index contributed by atoms with van der Waals surface area (Å²) in [6, 6.07) is 23.3. The zero-order valence-corrected chi connectivity index (χ0v) is 20.1. The highest BCUT2D eigenvalue weighted by Crippen LogP contribution is 2.48. The van der Waals surface area contributed by atoms with Crippen LogP contribution in [-0.4, -0.2) is 25.1 Å². The van der Waals surface area contributed by atoms with Crippen molar-refractivity contribution in [3.05, 3.63) is 95.2 Å². The van der Waals surface area contributed by atoms with Gasteiger partial charge in [0.05, 0.1) is 6.61 Å². The van der Waals surface area contributed by atoms with Gasteiger partial charge in [0.25, 0.3) is 0 Å². The first kappa shape index (κ1) is 22.4. The first-order valence-electron chi connectivity index (χ1n) is 12.4. The molecule has 0 bridgehead atoms. The number of rotatable bonds is 5. The Morgan fingerprint density at radius 3 is 2.42 bits per heavy atom. The molecule has 6 heteroatoms. The Morgan fingerprint density at radius 1 is 0.861 bits per heavy atom. The van der Waals surface area contributed by atoms with Crippen LogP contribution in [0.3, 0.4) is 0 Å². The van der Waals surface area contributed by atoms with Gasteiger partial charge in [0.15, 0.2) is 17.3 Å². The zero-order chi connectivity index (χ0) is 24.6. The smallest absolute Gasteiger partial charge is 0.232 e.